The first-order valence-electron chi connectivity index (χ1n) is 16.8. The molecule has 1 saturated carbocycles. The second-order valence-corrected chi connectivity index (χ2v) is 13.2. The molecule has 0 aromatic heterocycles. The predicted molar refractivity (Wildman–Crippen MR) is 177 cm³/mol. The first kappa shape index (κ1) is 35.1. The lowest BCUT2D eigenvalue weighted by Gasteiger charge is -2.36. The van der Waals surface area contributed by atoms with Crippen LogP contribution in [0, 0.1) is 0 Å². The van der Waals surface area contributed by atoms with E-state index in [0.29, 0.717) is 6.54 Å². The zero-order valence-electron chi connectivity index (χ0n) is 27.7. The Morgan fingerprint density at radius 2 is 1.52 bits per heavy atom. The van der Waals surface area contributed by atoms with Crippen LogP contribution < -0.4 is 10.6 Å². The SMILES string of the molecule is CCCCCCCN(C(=O)C(Cc1ccccc1)NC(=O)OC(C)(C)C)C(C(=O)NC1CCCCC1)c1ccc(CC)cc1. The van der Waals surface area contributed by atoms with Crippen molar-refractivity contribution in [1.82, 2.24) is 15.5 Å². The summed E-state index contributed by atoms with van der Waals surface area (Å²) < 4.78 is 5.58. The van der Waals surface area contributed by atoms with E-state index in [9.17, 15) is 14.4 Å². The fraction of sp³-hybridized carbons (Fsp3) is 0.595. The summed E-state index contributed by atoms with van der Waals surface area (Å²) in [5.41, 5.74) is 2.16. The third-order valence-corrected chi connectivity index (χ3v) is 8.27. The number of carbonyl (C=O) groups excluding carboxylic acids is 3. The number of amides is 3. The number of nitrogens with zero attached hydrogens (tertiary/aromatic N) is 1. The zero-order valence-corrected chi connectivity index (χ0v) is 27.7. The number of alkyl carbamates (subject to hydrolysis) is 1. The molecule has 2 aromatic rings. The van der Waals surface area contributed by atoms with Crippen LogP contribution in [0.2, 0.25) is 0 Å². The Morgan fingerprint density at radius 3 is 2.14 bits per heavy atom. The topological polar surface area (TPSA) is 87.7 Å². The Balaban J connectivity index is 2.01. The van der Waals surface area contributed by atoms with Crippen molar-refractivity contribution in [3.05, 3.63) is 71.3 Å². The quantitative estimate of drug-likeness (QED) is 0.204. The highest BCUT2D eigenvalue weighted by Gasteiger charge is 2.37. The highest BCUT2D eigenvalue weighted by Crippen LogP contribution is 2.27. The molecule has 3 rings (SSSR count). The number of rotatable bonds is 15. The van der Waals surface area contributed by atoms with E-state index in [2.05, 4.69) is 24.5 Å². The summed E-state index contributed by atoms with van der Waals surface area (Å²) in [7, 11) is 0. The van der Waals surface area contributed by atoms with Crippen molar-refractivity contribution in [3.63, 3.8) is 0 Å². The molecule has 0 bridgehead atoms. The molecule has 1 fully saturated rings. The van der Waals surface area contributed by atoms with Gasteiger partial charge in [0.15, 0.2) is 0 Å². The molecule has 0 radical (unpaired) electrons. The van der Waals surface area contributed by atoms with Crippen LogP contribution >= 0.6 is 0 Å². The molecule has 44 heavy (non-hydrogen) atoms. The standard InChI is InChI=1S/C37H55N3O4/c1-6-8-9-10-17-26-40(35(42)32(27-29-18-13-11-14-19-29)39-36(43)44-37(3,4)5)33(30-24-22-28(7-2)23-25-30)34(41)38-31-20-15-12-16-21-31/h11,13-14,18-19,22-25,31-33H,6-10,12,15-17,20-21,26-27H2,1-5H3,(H,38,41)(H,39,43). The molecule has 2 unspecified atom stereocenters. The van der Waals surface area contributed by atoms with Gasteiger partial charge < -0.3 is 20.3 Å². The minimum Gasteiger partial charge on any atom is -0.444 e. The summed E-state index contributed by atoms with van der Waals surface area (Å²) in [5, 5.41) is 6.18. The van der Waals surface area contributed by atoms with Gasteiger partial charge in [0, 0.05) is 19.0 Å². The highest BCUT2D eigenvalue weighted by atomic mass is 16.6. The van der Waals surface area contributed by atoms with E-state index in [4.69, 9.17) is 4.74 Å². The van der Waals surface area contributed by atoms with Gasteiger partial charge in [0.2, 0.25) is 11.8 Å². The number of hydrogen-bond acceptors (Lipinski definition) is 4. The molecule has 2 aromatic carbocycles. The predicted octanol–water partition coefficient (Wildman–Crippen LogP) is 7.67. The third-order valence-electron chi connectivity index (χ3n) is 8.27. The van der Waals surface area contributed by atoms with Crippen LogP contribution in [-0.4, -0.2) is 47.0 Å². The molecule has 0 heterocycles. The van der Waals surface area contributed by atoms with Crippen LogP contribution in [0.5, 0.6) is 0 Å². The monoisotopic (exact) mass is 605 g/mol. The molecule has 2 N–H and O–H groups in total. The van der Waals surface area contributed by atoms with E-state index in [0.717, 1.165) is 75.3 Å². The number of hydrogen-bond donors (Lipinski definition) is 2. The first-order valence-corrected chi connectivity index (χ1v) is 16.8. The maximum atomic E-state index is 14.7. The molecule has 7 heteroatoms. The fourth-order valence-electron chi connectivity index (χ4n) is 5.89. The molecule has 0 saturated heterocycles. The molecular formula is C37H55N3O4. The number of unbranched alkanes of at least 4 members (excludes halogenated alkanes) is 4. The molecule has 242 valence electrons. The Labute approximate surface area is 265 Å². The van der Waals surface area contributed by atoms with E-state index in [1.807, 2.05) is 54.6 Å². The summed E-state index contributed by atoms with van der Waals surface area (Å²) in [4.78, 5) is 43.7. The fourth-order valence-corrected chi connectivity index (χ4v) is 5.89. The normalized spacial score (nSPS) is 15.2. The van der Waals surface area contributed by atoms with Crippen molar-refractivity contribution < 1.29 is 19.1 Å². The third kappa shape index (κ3) is 11.6. The second kappa shape index (κ2) is 17.8. The van der Waals surface area contributed by atoms with Crippen LogP contribution in [0.15, 0.2) is 54.6 Å². The van der Waals surface area contributed by atoms with Gasteiger partial charge in [-0.1, -0.05) is 113 Å². The minimum atomic E-state index is -0.900. The summed E-state index contributed by atoms with van der Waals surface area (Å²) in [6.45, 7) is 10.1. The molecule has 2 atom stereocenters. The number of aryl methyl sites for hydroxylation is 1. The molecule has 7 nitrogen and oxygen atoms in total. The van der Waals surface area contributed by atoms with Gasteiger partial charge in [-0.25, -0.2) is 4.79 Å². The van der Waals surface area contributed by atoms with Crippen molar-refractivity contribution in [2.24, 2.45) is 0 Å². The van der Waals surface area contributed by atoms with Crippen LogP contribution in [-0.2, 0) is 27.2 Å². The van der Waals surface area contributed by atoms with Gasteiger partial charge in [0.1, 0.15) is 17.7 Å². The second-order valence-electron chi connectivity index (χ2n) is 13.2. The smallest absolute Gasteiger partial charge is 0.408 e. The molecule has 1 aliphatic carbocycles. The van der Waals surface area contributed by atoms with Gasteiger partial charge in [-0.15, -0.1) is 0 Å². The van der Waals surface area contributed by atoms with Crippen LogP contribution in [0.1, 0.15) is 122 Å². The lowest BCUT2D eigenvalue weighted by atomic mass is 9.94. The van der Waals surface area contributed by atoms with Crippen molar-refractivity contribution in [3.8, 4) is 0 Å². The van der Waals surface area contributed by atoms with Crippen molar-refractivity contribution in [2.45, 2.75) is 135 Å². The summed E-state index contributed by atoms with van der Waals surface area (Å²) >= 11 is 0. The summed E-state index contributed by atoms with van der Waals surface area (Å²) in [6.07, 6.45) is 10.9. The highest BCUT2D eigenvalue weighted by molar-refractivity contribution is 5.92. The Kier molecular flexibility index (Phi) is 14.2. The van der Waals surface area contributed by atoms with Gasteiger partial charge in [-0.2, -0.15) is 0 Å². The van der Waals surface area contributed by atoms with E-state index in [1.165, 1.54) is 12.0 Å². The summed E-state index contributed by atoms with van der Waals surface area (Å²) in [5.74, 6) is -0.433. The molecule has 0 spiro atoms. The lowest BCUT2D eigenvalue weighted by Crippen LogP contribution is -2.54. The van der Waals surface area contributed by atoms with Gasteiger partial charge >= 0.3 is 6.09 Å². The largest absolute Gasteiger partial charge is 0.444 e. The Morgan fingerprint density at radius 1 is 0.864 bits per heavy atom. The maximum Gasteiger partial charge on any atom is 0.408 e. The number of benzene rings is 2. The van der Waals surface area contributed by atoms with E-state index in [-0.39, 0.29) is 24.3 Å². The van der Waals surface area contributed by atoms with Gasteiger partial charge in [0.05, 0.1) is 0 Å². The lowest BCUT2D eigenvalue weighted by molar-refractivity contribution is -0.143. The van der Waals surface area contributed by atoms with Gasteiger partial charge in [-0.3, -0.25) is 9.59 Å². The molecule has 1 aliphatic rings. The van der Waals surface area contributed by atoms with E-state index in [1.54, 1.807) is 25.7 Å². The van der Waals surface area contributed by atoms with Crippen LogP contribution in [0.4, 0.5) is 4.79 Å². The minimum absolute atomic E-state index is 0.107. The molecule has 0 aliphatic heterocycles. The van der Waals surface area contributed by atoms with Crippen molar-refractivity contribution >= 4 is 17.9 Å². The van der Waals surface area contributed by atoms with Gasteiger partial charge in [0.25, 0.3) is 0 Å². The van der Waals surface area contributed by atoms with E-state index >= 15 is 0 Å². The summed E-state index contributed by atoms with van der Waals surface area (Å²) in [6, 6.07) is 16.1. The first-order chi connectivity index (χ1) is 21.1. The molecular weight excluding hydrogens is 550 g/mol. The zero-order chi connectivity index (χ0) is 32.0. The van der Waals surface area contributed by atoms with Crippen LogP contribution in [0.25, 0.3) is 0 Å². The average molecular weight is 606 g/mol. The van der Waals surface area contributed by atoms with Crippen molar-refractivity contribution in [2.75, 3.05) is 6.54 Å². The number of nitrogens with one attached hydrogen (secondary N) is 2. The Bertz CT molecular complexity index is 1150. The Hall–Kier alpha value is -3.35. The van der Waals surface area contributed by atoms with Crippen LogP contribution in [0.3, 0.4) is 0 Å². The average Bonchev–Trinajstić information content (AvgIpc) is 3.00. The number of ether oxygens (including phenoxy) is 1. The maximum absolute atomic E-state index is 14.7. The van der Waals surface area contributed by atoms with Gasteiger partial charge in [-0.05, 0) is 63.1 Å². The number of carbonyl (C=O) groups is 3. The van der Waals surface area contributed by atoms with Crippen molar-refractivity contribution in [1.29, 1.82) is 0 Å². The van der Waals surface area contributed by atoms with E-state index < -0.39 is 23.8 Å². The molecule has 3 amide bonds.